The Hall–Kier alpha value is -1.20. The van der Waals surface area contributed by atoms with E-state index >= 15 is 0 Å². The summed E-state index contributed by atoms with van der Waals surface area (Å²) >= 11 is 0. The van der Waals surface area contributed by atoms with Crippen molar-refractivity contribution in [1.29, 1.82) is 0 Å². The average molecular weight is 506 g/mol. The zero-order chi connectivity index (χ0) is 19.2. The molecule has 160 valence electrons. The summed E-state index contributed by atoms with van der Waals surface area (Å²) in [5, 5.41) is 3.38. The van der Waals surface area contributed by atoms with E-state index in [0.717, 1.165) is 64.1 Å². The number of ether oxygens (including phenoxy) is 2. The van der Waals surface area contributed by atoms with Gasteiger partial charge in [0.1, 0.15) is 0 Å². The molecule has 0 atom stereocenters. The van der Waals surface area contributed by atoms with E-state index in [9.17, 15) is 0 Å². The third kappa shape index (κ3) is 9.33. The number of hydrogen-bond donors (Lipinski definition) is 1. The van der Waals surface area contributed by atoms with Gasteiger partial charge in [0.15, 0.2) is 5.96 Å². The third-order valence-corrected chi connectivity index (χ3v) is 4.26. The molecule has 0 bridgehead atoms. The Morgan fingerprint density at radius 2 is 1.71 bits per heavy atom. The van der Waals surface area contributed by atoms with E-state index in [1.807, 2.05) is 6.07 Å². The largest absolute Gasteiger partial charge is 0.379 e. The molecule has 28 heavy (non-hydrogen) atoms. The number of piperazine rings is 1. The molecule has 0 amide bonds. The Morgan fingerprint density at radius 1 is 1.04 bits per heavy atom. The van der Waals surface area contributed by atoms with Crippen molar-refractivity contribution in [2.45, 2.75) is 26.7 Å². The zero-order valence-electron chi connectivity index (χ0n) is 17.2. The van der Waals surface area contributed by atoms with Crippen LogP contribution >= 0.6 is 24.0 Å². The number of hydrogen-bond acceptors (Lipinski definition) is 6. The van der Waals surface area contributed by atoms with Crippen molar-refractivity contribution in [2.75, 3.05) is 70.6 Å². The fraction of sp³-hybridized carbons (Fsp3) is 0.737. The summed E-state index contributed by atoms with van der Waals surface area (Å²) in [6.45, 7) is 12.1. The van der Waals surface area contributed by atoms with E-state index in [2.05, 4.69) is 38.9 Å². The fourth-order valence-electron chi connectivity index (χ4n) is 2.78. The fourth-order valence-corrected chi connectivity index (χ4v) is 2.78. The second-order valence-electron chi connectivity index (χ2n) is 6.34. The molecule has 1 aromatic heterocycles. The number of aromatic nitrogens is 2. The smallest absolute Gasteiger partial charge is 0.225 e. The number of guanidine groups is 1. The van der Waals surface area contributed by atoms with Gasteiger partial charge < -0.3 is 24.6 Å². The van der Waals surface area contributed by atoms with Gasteiger partial charge in [0.05, 0.1) is 26.4 Å². The number of anilines is 1. The minimum atomic E-state index is 0. The maximum atomic E-state index is 5.60. The third-order valence-electron chi connectivity index (χ3n) is 4.26. The summed E-state index contributed by atoms with van der Waals surface area (Å²) in [5.41, 5.74) is 0. The second-order valence-corrected chi connectivity index (χ2v) is 6.34. The van der Waals surface area contributed by atoms with E-state index in [0.29, 0.717) is 26.4 Å². The van der Waals surface area contributed by atoms with Gasteiger partial charge in [0.25, 0.3) is 0 Å². The summed E-state index contributed by atoms with van der Waals surface area (Å²) in [7, 11) is 0. The summed E-state index contributed by atoms with van der Waals surface area (Å²) in [4.78, 5) is 17.9. The van der Waals surface area contributed by atoms with Gasteiger partial charge in [-0.2, -0.15) is 0 Å². The number of nitrogens with one attached hydrogen (secondary N) is 1. The first-order chi connectivity index (χ1) is 13.3. The van der Waals surface area contributed by atoms with Crippen molar-refractivity contribution in [3.05, 3.63) is 18.5 Å². The number of aliphatic imine (C=N–C) groups is 1. The topological polar surface area (TPSA) is 75.1 Å². The highest BCUT2D eigenvalue weighted by atomic mass is 127. The molecule has 1 fully saturated rings. The molecule has 1 aliphatic rings. The van der Waals surface area contributed by atoms with Crippen molar-refractivity contribution >= 4 is 35.9 Å². The molecule has 9 heteroatoms. The standard InChI is InChI=1S/C19H34N6O2.HI/c1-3-5-14-26-16-17-27-15-9-23-18(20-4-2)24-10-12-25(13-11-24)19-21-7-6-8-22-19;/h6-8H,3-5,9-17H2,1-2H3,(H,20,23);1H. The lowest BCUT2D eigenvalue weighted by molar-refractivity contribution is 0.0497. The van der Waals surface area contributed by atoms with Gasteiger partial charge in [-0.1, -0.05) is 13.3 Å². The molecule has 0 aromatic carbocycles. The number of unbranched alkanes of at least 4 members (excludes halogenated alkanes) is 1. The van der Waals surface area contributed by atoms with Crippen molar-refractivity contribution in [1.82, 2.24) is 20.2 Å². The predicted molar refractivity (Wildman–Crippen MR) is 124 cm³/mol. The van der Waals surface area contributed by atoms with Gasteiger partial charge >= 0.3 is 0 Å². The molecular weight excluding hydrogens is 471 g/mol. The van der Waals surface area contributed by atoms with Crippen molar-refractivity contribution in [3.63, 3.8) is 0 Å². The van der Waals surface area contributed by atoms with Crippen LogP contribution in [0, 0.1) is 0 Å². The maximum absolute atomic E-state index is 5.60. The van der Waals surface area contributed by atoms with E-state index in [1.54, 1.807) is 12.4 Å². The maximum Gasteiger partial charge on any atom is 0.225 e. The van der Waals surface area contributed by atoms with Crippen LogP contribution in [0.2, 0.25) is 0 Å². The highest BCUT2D eigenvalue weighted by Crippen LogP contribution is 2.09. The van der Waals surface area contributed by atoms with Crippen LogP contribution < -0.4 is 10.2 Å². The van der Waals surface area contributed by atoms with Crippen LogP contribution in [0.25, 0.3) is 0 Å². The van der Waals surface area contributed by atoms with Gasteiger partial charge in [-0.25, -0.2) is 9.97 Å². The monoisotopic (exact) mass is 506 g/mol. The Labute approximate surface area is 186 Å². The number of rotatable bonds is 11. The molecule has 1 N–H and O–H groups in total. The molecule has 0 aliphatic carbocycles. The SMILES string of the molecule is CCCCOCCOCCN=C(NCC)N1CCN(c2ncccn2)CC1.I. The quantitative estimate of drug-likeness (QED) is 0.213. The van der Waals surface area contributed by atoms with Crippen LogP contribution in [-0.2, 0) is 9.47 Å². The van der Waals surface area contributed by atoms with Gasteiger partial charge in [0.2, 0.25) is 5.95 Å². The van der Waals surface area contributed by atoms with E-state index < -0.39 is 0 Å². The van der Waals surface area contributed by atoms with Crippen LogP contribution in [0.4, 0.5) is 5.95 Å². The summed E-state index contributed by atoms with van der Waals surface area (Å²) in [5.74, 6) is 1.75. The molecular formula is C19H35IN6O2. The minimum absolute atomic E-state index is 0. The molecule has 2 rings (SSSR count). The van der Waals surface area contributed by atoms with E-state index in [-0.39, 0.29) is 24.0 Å². The molecule has 2 heterocycles. The normalized spacial score (nSPS) is 14.7. The Bertz CT molecular complexity index is 526. The Morgan fingerprint density at radius 3 is 2.36 bits per heavy atom. The van der Waals surface area contributed by atoms with Crippen LogP contribution in [-0.4, -0.2) is 86.5 Å². The van der Waals surface area contributed by atoms with Gasteiger partial charge in [-0.15, -0.1) is 24.0 Å². The van der Waals surface area contributed by atoms with Crippen LogP contribution in [0.1, 0.15) is 26.7 Å². The number of nitrogens with zero attached hydrogens (tertiary/aromatic N) is 5. The molecule has 1 aromatic rings. The lowest BCUT2D eigenvalue weighted by atomic mass is 10.3. The first kappa shape index (κ1) is 24.8. The molecule has 0 saturated carbocycles. The summed E-state index contributed by atoms with van der Waals surface area (Å²) < 4.78 is 11.1. The average Bonchev–Trinajstić information content (AvgIpc) is 2.72. The highest BCUT2D eigenvalue weighted by Gasteiger charge is 2.20. The van der Waals surface area contributed by atoms with Crippen molar-refractivity contribution in [3.8, 4) is 0 Å². The minimum Gasteiger partial charge on any atom is -0.379 e. The molecule has 0 unspecified atom stereocenters. The molecule has 8 nitrogen and oxygen atoms in total. The lowest BCUT2D eigenvalue weighted by Crippen LogP contribution is -2.53. The number of halogens is 1. The first-order valence-corrected chi connectivity index (χ1v) is 10.1. The first-order valence-electron chi connectivity index (χ1n) is 10.1. The highest BCUT2D eigenvalue weighted by molar-refractivity contribution is 14.0. The summed E-state index contributed by atoms with van der Waals surface area (Å²) in [6.07, 6.45) is 5.85. The predicted octanol–water partition coefficient (Wildman–Crippen LogP) is 2.02. The van der Waals surface area contributed by atoms with Crippen molar-refractivity contribution in [2.24, 2.45) is 4.99 Å². The second kappa shape index (κ2) is 15.7. The van der Waals surface area contributed by atoms with Crippen LogP contribution in [0.5, 0.6) is 0 Å². The van der Waals surface area contributed by atoms with E-state index in [1.165, 1.54) is 0 Å². The van der Waals surface area contributed by atoms with E-state index in [4.69, 9.17) is 14.5 Å². The van der Waals surface area contributed by atoms with Gasteiger partial charge in [-0.05, 0) is 19.4 Å². The Kier molecular flexibility index (Phi) is 13.9. The Balaban J connectivity index is 0.00000392. The molecule has 1 aliphatic heterocycles. The van der Waals surface area contributed by atoms with Crippen molar-refractivity contribution < 1.29 is 9.47 Å². The zero-order valence-corrected chi connectivity index (χ0v) is 19.5. The molecule has 0 radical (unpaired) electrons. The van der Waals surface area contributed by atoms with Gasteiger partial charge in [0, 0.05) is 51.7 Å². The lowest BCUT2D eigenvalue weighted by Gasteiger charge is -2.36. The summed E-state index contributed by atoms with van der Waals surface area (Å²) in [6, 6.07) is 1.84. The molecule has 1 saturated heterocycles. The van der Waals surface area contributed by atoms with Crippen LogP contribution in [0.3, 0.4) is 0 Å². The molecule has 0 spiro atoms. The van der Waals surface area contributed by atoms with Gasteiger partial charge in [-0.3, -0.25) is 4.99 Å². The van der Waals surface area contributed by atoms with Crippen LogP contribution in [0.15, 0.2) is 23.5 Å².